The Morgan fingerprint density at radius 1 is 1.44 bits per heavy atom. The van der Waals surface area contributed by atoms with Gasteiger partial charge >= 0.3 is 5.97 Å². The average Bonchev–Trinajstić information content (AvgIpc) is 2.24. The molecule has 0 heterocycles. The van der Waals surface area contributed by atoms with Crippen LogP contribution in [0.25, 0.3) is 0 Å². The molecule has 0 radical (unpaired) electrons. The van der Waals surface area contributed by atoms with E-state index in [4.69, 9.17) is 14.6 Å². The third-order valence-electron chi connectivity index (χ3n) is 2.01. The second kappa shape index (κ2) is 5.07. The number of aliphatic carboxylic acids is 1. The van der Waals surface area contributed by atoms with Crippen molar-refractivity contribution in [2.75, 3.05) is 14.2 Å². The fraction of sp³-hybridized carbons (Fsp3) is 0.300. The first-order valence-corrected chi connectivity index (χ1v) is 5.14. The zero-order valence-corrected chi connectivity index (χ0v) is 10.4. The fourth-order valence-corrected chi connectivity index (χ4v) is 1.90. The lowest BCUT2D eigenvalue weighted by Crippen LogP contribution is -2.02. The molecule has 0 atom stereocenters. The molecule has 0 aliphatic carbocycles. The number of halogens is 1. The van der Waals surface area contributed by atoms with Crippen molar-refractivity contribution in [3.63, 3.8) is 0 Å². The van der Waals surface area contributed by atoms with Gasteiger partial charge in [-0.25, -0.2) is 0 Å². The van der Waals surface area contributed by atoms with E-state index in [0.717, 1.165) is 0 Å². The Morgan fingerprint density at radius 3 is 2.50 bits per heavy atom. The maximum atomic E-state index is 10.6. The summed E-state index contributed by atoms with van der Waals surface area (Å²) in [7, 11) is 2.87. The highest BCUT2D eigenvalue weighted by molar-refractivity contribution is 9.10. The van der Waals surface area contributed by atoms with E-state index in [0.29, 0.717) is 11.5 Å². The van der Waals surface area contributed by atoms with Gasteiger partial charge in [-0.3, -0.25) is 4.79 Å². The number of rotatable bonds is 4. The summed E-state index contributed by atoms with van der Waals surface area (Å²) < 4.78 is 10.3. The molecule has 1 aromatic carbocycles. The van der Waals surface area contributed by atoms with Crippen molar-refractivity contribution in [2.24, 2.45) is 0 Å². The lowest BCUT2D eigenvalue weighted by molar-refractivity contribution is -0.136. The van der Waals surface area contributed by atoms with E-state index >= 15 is 0 Å². The fourth-order valence-electron chi connectivity index (χ4n) is 1.29. The van der Waals surface area contributed by atoms with E-state index in [1.165, 1.54) is 20.3 Å². The van der Waals surface area contributed by atoms with Crippen molar-refractivity contribution in [2.45, 2.75) is 6.42 Å². The molecule has 88 valence electrons. The summed E-state index contributed by atoms with van der Waals surface area (Å²) in [5, 5.41) is 18.4. The second-order valence-electron chi connectivity index (χ2n) is 3.00. The number of carbonyl (C=O) groups is 1. The van der Waals surface area contributed by atoms with Crippen LogP contribution in [0.5, 0.6) is 17.2 Å². The van der Waals surface area contributed by atoms with Gasteiger partial charge < -0.3 is 19.7 Å². The lowest BCUT2D eigenvalue weighted by Gasteiger charge is -2.13. The normalized spacial score (nSPS) is 9.94. The van der Waals surface area contributed by atoms with Crippen molar-refractivity contribution < 1.29 is 24.5 Å². The highest BCUT2D eigenvalue weighted by atomic mass is 79.9. The number of carboxylic acids is 1. The Kier molecular flexibility index (Phi) is 4.00. The Morgan fingerprint density at radius 2 is 2.06 bits per heavy atom. The molecule has 0 aliphatic heterocycles. The number of ether oxygens (including phenoxy) is 2. The van der Waals surface area contributed by atoms with Gasteiger partial charge in [0, 0.05) is 5.56 Å². The average molecular weight is 291 g/mol. The standard InChI is InChI=1S/C10H11BrO5/c1-15-6-3-5(4-7(12)13)9(14)8(11)10(6)16-2/h3,14H,4H2,1-2H3,(H,12,13). The number of hydrogen-bond donors (Lipinski definition) is 2. The van der Waals surface area contributed by atoms with E-state index < -0.39 is 5.97 Å². The van der Waals surface area contributed by atoms with Gasteiger partial charge in [0.05, 0.1) is 20.6 Å². The molecule has 1 rings (SSSR count). The van der Waals surface area contributed by atoms with Crippen LogP contribution in [-0.4, -0.2) is 30.4 Å². The minimum Gasteiger partial charge on any atom is -0.506 e. The molecule has 0 saturated carbocycles. The third kappa shape index (κ3) is 2.38. The Balaban J connectivity index is 3.32. The van der Waals surface area contributed by atoms with Crippen LogP contribution in [0.3, 0.4) is 0 Å². The van der Waals surface area contributed by atoms with Crippen LogP contribution in [-0.2, 0) is 11.2 Å². The van der Waals surface area contributed by atoms with Crippen LogP contribution in [0.4, 0.5) is 0 Å². The Labute approximate surface area is 101 Å². The molecule has 0 aromatic heterocycles. The molecule has 0 aliphatic rings. The molecular formula is C10H11BrO5. The van der Waals surface area contributed by atoms with Crippen molar-refractivity contribution >= 4 is 21.9 Å². The van der Waals surface area contributed by atoms with Crippen LogP contribution < -0.4 is 9.47 Å². The molecule has 0 unspecified atom stereocenters. The number of phenols is 1. The highest BCUT2D eigenvalue weighted by Gasteiger charge is 2.18. The molecule has 0 fully saturated rings. The molecule has 0 amide bonds. The summed E-state index contributed by atoms with van der Waals surface area (Å²) in [5.74, 6) is -0.493. The summed E-state index contributed by atoms with van der Waals surface area (Å²) in [6.45, 7) is 0. The maximum absolute atomic E-state index is 10.6. The largest absolute Gasteiger partial charge is 0.506 e. The van der Waals surface area contributed by atoms with E-state index in [9.17, 15) is 9.90 Å². The van der Waals surface area contributed by atoms with Gasteiger partial charge in [0.25, 0.3) is 0 Å². The van der Waals surface area contributed by atoms with E-state index in [-0.39, 0.29) is 22.2 Å². The molecule has 0 spiro atoms. The van der Waals surface area contributed by atoms with Crippen molar-refractivity contribution in [3.05, 3.63) is 16.1 Å². The summed E-state index contributed by atoms with van der Waals surface area (Å²) in [6.07, 6.45) is -0.287. The first kappa shape index (κ1) is 12.6. The van der Waals surface area contributed by atoms with Crippen LogP contribution in [0.1, 0.15) is 5.56 Å². The topological polar surface area (TPSA) is 76.0 Å². The smallest absolute Gasteiger partial charge is 0.307 e. The van der Waals surface area contributed by atoms with Gasteiger partial charge in [-0.2, -0.15) is 0 Å². The first-order chi connectivity index (χ1) is 7.51. The first-order valence-electron chi connectivity index (χ1n) is 4.35. The molecule has 16 heavy (non-hydrogen) atoms. The van der Waals surface area contributed by atoms with Crippen LogP contribution in [0, 0.1) is 0 Å². The highest BCUT2D eigenvalue weighted by Crippen LogP contribution is 2.43. The van der Waals surface area contributed by atoms with Gasteiger partial charge in [-0.15, -0.1) is 0 Å². The SMILES string of the molecule is COc1cc(CC(=O)O)c(O)c(Br)c1OC. The summed E-state index contributed by atoms with van der Waals surface area (Å²) >= 11 is 3.12. The van der Waals surface area contributed by atoms with Gasteiger partial charge in [-0.05, 0) is 22.0 Å². The van der Waals surface area contributed by atoms with Crippen LogP contribution in [0.15, 0.2) is 10.5 Å². The second-order valence-corrected chi connectivity index (χ2v) is 3.80. The quantitative estimate of drug-likeness (QED) is 0.884. The Bertz CT molecular complexity index is 416. The minimum absolute atomic E-state index is 0.153. The van der Waals surface area contributed by atoms with Crippen molar-refractivity contribution in [1.82, 2.24) is 0 Å². The van der Waals surface area contributed by atoms with Crippen LogP contribution >= 0.6 is 15.9 Å². The van der Waals surface area contributed by atoms with E-state index in [1.807, 2.05) is 0 Å². The predicted molar refractivity (Wildman–Crippen MR) is 60.3 cm³/mol. The molecule has 1 aromatic rings. The molecule has 2 N–H and O–H groups in total. The summed E-state index contributed by atoms with van der Waals surface area (Å²) in [4.78, 5) is 10.6. The molecule has 5 nitrogen and oxygen atoms in total. The predicted octanol–water partition coefficient (Wildman–Crippen LogP) is 1.80. The molecule has 6 heteroatoms. The van der Waals surface area contributed by atoms with Crippen molar-refractivity contribution in [3.8, 4) is 17.2 Å². The van der Waals surface area contributed by atoms with E-state index in [1.54, 1.807) is 0 Å². The van der Waals surface area contributed by atoms with Gasteiger partial charge in [0.15, 0.2) is 11.5 Å². The number of phenolic OH excluding ortho intramolecular Hbond substituents is 1. The maximum Gasteiger partial charge on any atom is 0.307 e. The number of benzene rings is 1. The molecular weight excluding hydrogens is 280 g/mol. The van der Waals surface area contributed by atoms with Crippen LogP contribution in [0.2, 0.25) is 0 Å². The van der Waals surface area contributed by atoms with E-state index in [2.05, 4.69) is 15.9 Å². The third-order valence-corrected chi connectivity index (χ3v) is 2.74. The zero-order valence-electron chi connectivity index (χ0n) is 8.78. The van der Waals surface area contributed by atoms with Gasteiger partial charge in [0.2, 0.25) is 0 Å². The monoisotopic (exact) mass is 290 g/mol. The number of methoxy groups -OCH3 is 2. The number of carboxylic acid groups (broad SMARTS) is 1. The van der Waals surface area contributed by atoms with Crippen molar-refractivity contribution in [1.29, 1.82) is 0 Å². The molecule has 0 saturated heterocycles. The summed E-state index contributed by atoms with van der Waals surface area (Å²) in [6, 6.07) is 1.44. The lowest BCUT2D eigenvalue weighted by atomic mass is 10.1. The Hall–Kier alpha value is -1.43. The zero-order chi connectivity index (χ0) is 12.3. The van der Waals surface area contributed by atoms with Gasteiger partial charge in [0.1, 0.15) is 10.2 Å². The minimum atomic E-state index is -1.03. The van der Waals surface area contributed by atoms with Gasteiger partial charge in [-0.1, -0.05) is 0 Å². The number of aromatic hydroxyl groups is 1. The molecule has 0 bridgehead atoms. The number of hydrogen-bond acceptors (Lipinski definition) is 4. The summed E-state index contributed by atoms with van der Waals surface area (Å²) in [5.41, 5.74) is 0.261.